The quantitative estimate of drug-likeness (QED) is 0.311. The van der Waals surface area contributed by atoms with Crippen molar-refractivity contribution in [3.63, 3.8) is 0 Å². The SMILES string of the molecule is NC(=O)c1cc(Cl)cc(Cl)c1NC(=O)c1cc(Cn2nnc(-c3ccc(Br)cc3)n2)nn1CC(F)F. The number of hydrogen-bond acceptors (Lipinski definition) is 6. The van der Waals surface area contributed by atoms with Gasteiger partial charge in [0.05, 0.1) is 22.0 Å². The summed E-state index contributed by atoms with van der Waals surface area (Å²) >= 11 is 15.4. The summed E-state index contributed by atoms with van der Waals surface area (Å²) < 4.78 is 28.1. The summed E-state index contributed by atoms with van der Waals surface area (Å²) in [4.78, 5) is 26.0. The molecule has 4 aromatic rings. The number of carbonyl (C=O) groups is 2. The van der Waals surface area contributed by atoms with Crippen molar-refractivity contribution in [3.8, 4) is 11.4 Å². The predicted molar refractivity (Wildman–Crippen MR) is 131 cm³/mol. The van der Waals surface area contributed by atoms with Gasteiger partial charge in [-0.2, -0.15) is 9.90 Å². The Balaban J connectivity index is 1.61. The lowest BCUT2D eigenvalue weighted by Crippen LogP contribution is -2.22. The minimum absolute atomic E-state index is 0.0473. The Bertz CT molecular complexity index is 1440. The molecule has 0 radical (unpaired) electrons. The van der Waals surface area contributed by atoms with E-state index in [9.17, 15) is 18.4 Å². The number of rotatable bonds is 8. The molecule has 10 nitrogen and oxygen atoms in total. The van der Waals surface area contributed by atoms with Crippen LogP contribution < -0.4 is 11.1 Å². The molecule has 3 N–H and O–H groups in total. The smallest absolute Gasteiger partial charge is 0.274 e. The van der Waals surface area contributed by atoms with Crippen molar-refractivity contribution in [2.45, 2.75) is 19.5 Å². The monoisotopic (exact) mass is 598 g/mol. The number of aromatic nitrogens is 6. The van der Waals surface area contributed by atoms with Crippen LogP contribution >= 0.6 is 39.1 Å². The van der Waals surface area contributed by atoms with Gasteiger partial charge in [0.25, 0.3) is 18.2 Å². The third-order valence-electron chi connectivity index (χ3n) is 4.79. The van der Waals surface area contributed by atoms with Crippen LogP contribution in [-0.4, -0.2) is 48.2 Å². The summed E-state index contributed by atoms with van der Waals surface area (Å²) in [5, 5.41) is 18.8. The number of nitrogens with two attached hydrogens (primary N) is 1. The van der Waals surface area contributed by atoms with E-state index < -0.39 is 24.8 Å². The highest BCUT2D eigenvalue weighted by atomic mass is 79.9. The summed E-state index contributed by atoms with van der Waals surface area (Å²) in [7, 11) is 0. The number of halogens is 5. The zero-order valence-corrected chi connectivity index (χ0v) is 21.1. The van der Waals surface area contributed by atoms with Gasteiger partial charge in [-0.05, 0) is 47.7 Å². The molecule has 4 rings (SSSR count). The Labute approximate surface area is 220 Å². The fourth-order valence-electron chi connectivity index (χ4n) is 3.24. The van der Waals surface area contributed by atoms with Gasteiger partial charge in [0.15, 0.2) is 0 Å². The molecule has 0 aliphatic rings. The lowest BCUT2D eigenvalue weighted by Gasteiger charge is -2.12. The number of primary amides is 1. The summed E-state index contributed by atoms with van der Waals surface area (Å²) in [5.41, 5.74) is 5.83. The van der Waals surface area contributed by atoms with Gasteiger partial charge in [0, 0.05) is 15.1 Å². The van der Waals surface area contributed by atoms with Gasteiger partial charge in [-0.25, -0.2) is 8.78 Å². The molecule has 0 aliphatic carbocycles. The first-order valence-corrected chi connectivity index (χ1v) is 11.6. The number of carbonyl (C=O) groups excluding carboxylic acids is 2. The number of nitrogens with zero attached hydrogens (tertiary/aromatic N) is 6. The number of anilines is 1. The first kappa shape index (κ1) is 25.7. The highest BCUT2D eigenvalue weighted by Crippen LogP contribution is 2.30. The van der Waals surface area contributed by atoms with Gasteiger partial charge in [0.1, 0.15) is 18.8 Å². The first-order valence-electron chi connectivity index (χ1n) is 10.1. The maximum Gasteiger partial charge on any atom is 0.274 e. The third kappa shape index (κ3) is 5.86. The van der Waals surface area contributed by atoms with Crippen molar-refractivity contribution < 1.29 is 18.4 Å². The average Bonchev–Trinajstić information content (AvgIpc) is 3.42. The fourth-order valence-corrected chi connectivity index (χ4v) is 4.05. The minimum Gasteiger partial charge on any atom is -0.366 e. The second-order valence-corrected chi connectivity index (χ2v) is 9.13. The summed E-state index contributed by atoms with van der Waals surface area (Å²) in [5.74, 6) is -1.39. The van der Waals surface area contributed by atoms with E-state index in [1.807, 2.05) is 12.1 Å². The molecule has 0 fully saturated rings. The lowest BCUT2D eigenvalue weighted by molar-refractivity contribution is 0.0988. The van der Waals surface area contributed by atoms with Gasteiger partial charge >= 0.3 is 0 Å². The van der Waals surface area contributed by atoms with Crippen LogP contribution in [0.5, 0.6) is 0 Å². The molecule has 186 valence electrons. The number of benzene rings is 2. The topological polar surface area (TPSA) is 134 Å². The average molecular weight is 600 g/mol. The van der Waals surface area contributed by atoms with Crippen LogP contribution in [0, 0.1) is 0 Å². The van der Waals surface area contributed by atoms with Crippen molar-refractivity contribution in [2.24, 2.45) is 5.73 Å². The van der Waals surface area contributed by atoms with E-state index >= 15 is 0 Å². The second kappa shape index (κ2) is 10.7. The van der Waals surface area contributed by atoms with Crippen molar-refractivity contribution in [3.05, 3.63) is 73.9 Å². The molecule has 15 heteroatoms. The zero-order chi connectivity index (χ0) is 26.0. The van der Waals surface area contributed by atoms with Gasteiger partial charge in [-0.1, -0.05) is 39.1 Å². The molecule has 0 saturated heterocycles. The van der Waals surface area contributed by atoms with Crippen LogP contribution in [0.4, 0.5) is 14.5 Å². The summed E-state index contributed by atoms with van der Waals surface area (Å²) in [6, 6.07) is 11.1. The number of tetrazole rings is 1. The molecule has 2 heterocycles. The highest BCUT2D eigenvalue weighted by Gasteiger charge is 2.22. The Kier molecular flexibility index (Phi) is 7.62. The van der Waals surface area contributed by atoms with Crippen molar-refractivity contribution in [1.29, 1.82) is 0 Å². The molecular weight excluding hydrogens is 585 g/mol. The third-order valence-corrected chi connectivity index (χ3v) is 5.84. The molecular formula is C21H15BrCl2F2N8O2. The minimum atomic E-state index is -2.79. The number of amides is 2. The Hall–Kier alpha value is -3.42. The van der Waals surface area contributed by atoms with Crippen LogP contribution in [-0.2, 0) is 13.1 Å². The van der Waals surface area contributed by atoms with Crippen LogP contribution in [0.3, 0.4) is 0 Å². The molecule has 0 saturated carbocycles. The zero-order valence-electron chi connectivity index (χ0n) is 18.0. The standard InChI is InChI=1S/C21H15BrCl2F2N8O2/c22-11-3-1-10(2-4-11)20-29-32-34(31-20)8-13-7-16(33(30-13)9-17(25)26)21(36)28-18-14(19(27)35)5-12(23)6-15(18)24/h1-7,17H,8-9H2,(H2,27,35)(H,28,36). The van der Waals surface area contributed by atoms with Gasteiger partial charge in [-0.3, -0.25) is 14.3 Å². The largest absolute Gasteiger partial charge is 0.366 e. The number of hydrogen-bond donors (Lipinski definition) is 2. The summed E-state index contributed by atoms with van der Waals surface area (Å²) in [6.07, 6.45) is -2.79. The lowest BCUT2D eigenvalue weighted by atomic mass is 10.1. The Morgan fingerprint density at radius 3 is 2.50 bits per heavy atom. The molecule has 2 aromatic heterocycles. The van der Waals surface area contributed by atoms with E-state index in [1.165, 1.54) is 23.0 Å². The number of nitrogens with one attached hydrogen (secondary N) is 1. The maximum atomic E-state index is 13.2. The van der Waals surface area contributed by atoms with Crippen molar-refractivity contribution in [1.82, 2.24) is 30.0 Å². The van der Waals surface area contributed by atoms with E-state index in [0.717, 1.165) is 14.7 Å². The Morgan fingerprint density at radius 1 is 1.11 bits per heavy atom. The van der Waals surface area contributed by atoms with Crippen molar-refractivity contribution >= 4 is 56.6 Å². The van der Waals surface area contributed by atoms with Gasteiger partial charge in [0.2, 0.25) is 5.82 Å². The second-order valence-electron chi connectivity index (χ2n) is 7.37. The van der Waals surface area contributed by atoms with Crippen LogP contribution in [0.15, 0.2) is 46.9 Å². The Morgan fingerprint density at radius 2 is 1.83 bits per heavy atom. The maximum absolute atomic E-state index is 13.2. The van der Waals surface area contributed by atoms with E-state index in [0.29, 0.717) is 5.82 Å². The van der Waals surface area contributed by atoms with E-state index in [-0.39, 0.29) is 39.2 Å². The normalized spacial score (nSPS) is 11.2. The molecule has 2 amide bonds. The molecule has 0 aliphatic heterocycles. The molecule has 0 bridgehead atoms. The van der Waals surface area contributed by atoms with E-state index in [2.05, 4.69) is 41.8 Å². The predicted octanol–water partition coefficient (Wildman–Crippen LogP) is 4.27. The van der Waals surface area contributed by atoms with Crippen LogP contribution in [0.25, 0.3) is 11.4 Å². The van der Waals surface area contributed by atoms with Gasteiger partial charge in [-0.15, -0.1) is 10.2 Å². The molecule has 36 heavy (non-hydrogen) atoms. The highest BCUT2D eigenvalue weighted by molar-refractivity contribution is 9.10. The summed E-state index contributed by atoms with van der Waals surface area (Å²) in [6.45, 7) is -0.900. The molecule has 0 spiro atoms. The van der Waals surface area contributed by atoms with E-state index in [4.69, 9.17) is 28.9 Å². The van der Waals surface area contributed by atoms with Crippen molar-refractivity contribution in [2.75, 3.05) is 5.32 Å². The molecule has 0 atom stereocenters. The first-order chi connectivity index (χ1) is 17.1. The molecule has 0 unspecified atom stereocenters. The fraction of sp³-hybridized carbons (Fsp3) is 0.143. The van der Waals surface area contributed by atoms with Crippen LogP contribution in [0.1, 0.15) is 26.5 Å². The van der Waals surface area contributed by atoms with Crippen LogP contribution in [0.2, 0.25) is 10.0 Å². The van der Waals surface area contributed by atoms with E-state index in [1.54, 1.807) is 12.1 Å². The number of alkyl halides is 2. The van der Waals surface area contributed by atoms with Gasteiger partial charge < -0.3 is 11.1 Å². The molecule has 2 aromatic carbocycles.